The molecule has 0 amide bonds. The van der Waals surface area contributed by atoms with Crippen LogP contribution in [0.4, 0.5) is 0 Å². The van der Waals surface area contributed by atoms with Crippen molar-refractivity contribution in [2.24, 2.45) is 5.92 Å². The van der Waals surface area contributed by atoms with Crippen molar-refractivity contribution in [2.45, 2.75) is 30.0 Å². The van der Waals surface area contributed by atoms with Crippen molar-refractivity contribution in [3.63, 3.8) is 0 Å². The molecule has 4 nitrogen and oxygen atoms in total. The van der Waals surface area contributed by atoms with Crippen molar-refractivity contribution in [3.8, 4) is 0 Å². The van der Waals surface area contributed by atoms with Crippen molar-refractivity contribution >= 4 is 37.3 Å². The zero-order chi connectivity index (χ0) is 14.0. The molecule has 0 saturated carbocycles. The van der Waals surface area contributed by atoms with Crippen LogP contribution in [0.3, 0.4) is 0 Å². The van der Waals surface area contributed by atoms with E-state index in [1.165, 1.54) is 11.3 Å². The Morgan fingerprint density at radius 3 is 2.58 bits per heavy atom. The molecule has 1 atom stereocenters. The first-order valence-corrected chi connectivity index (χ1v) is 9.48. The van der Waals surface area contributed by atoms with Gasteiger partial charge in [0.25, 0.3) is 10.0 Å². The summed E-state index contributed by atoms with van der Waals surface area (Å²) >= 11 is 4.58. The van der Waals surface area contributed by atoms with Crippen LogP contribution < -0.4 is 5.32 Å². The first-order chi connectivity index (χ1) is 8.96. The van der Waals surface area contributed by atoms with Gasteiger partial charge in [0.05, 0.1) is 0 Å². The standard InChI is InChI=1S/C12H19BrN2O2S2/c1-9(14-2)10-3-6-15(7-4-10)19(16,17)12-11(13)5-8-18-12/h5,8-10,14H,3-4,6-7H2,1-2H3. The lowest BCUT2D eigenvalue weighted by Crippen LogP contribution is -2.43. The first kappa shape index (κ1) is 15.4. The molecule has 1 unspecified atom stereocenters. The predicted octanol–water partition coefficient (Wildman–Crippen LogP) is 2.52. The molecule has 1 fully saturated rings. The Morgan fingerprint density at radius 1 is 1.47 bits per heavy atom. The number of halogens is 1. The van der Waals surface area contributed by atoms with Gasteiger partial charge in [-0.2, -0.15) is 4.31 Å². The van der Waals surface area contributed by atoms with Crippen LogP contribution in [0.25, 0.3) is 0 Å². The van der Waals surface area contributed by atoms with Crippen LogP contribution >= 0.6 is 27.3 Å². The SMILES string of the molecule is CNC(C)C1CCN(S(=O)(=O)c2sccc2Br)CC1. The van der Waals surface area contributed by atoms with Crippen molar-refractivity contribution in [1.29, 1.82) is 0 Å². The zero-order valence-corrected chi connectivity index (χ0v) is 14.3. The normalized spacial score (nSPS) is 20.6. The molecule has 0 aromatic carbocycles. The minimum atomic E-state index is -3.32. The minimum Gasteiger partial charge on any atom is -0.317 e. The number of piperidine rings is 1. The van der Waals surface area contributed by atoms with E-state index in [1.807, 2.05) is 7.05 Å². The molecule has 0 spiro atoms. The third-order valence-electron chi connectivity index (χ3n) is 3.82. The summed E-state index contributed by atoms with van der Waals surface area (Å²) < 4.78 is 27.7. The third-order valence-corrected chi connectivity index (χ3v) is 8.37. The highest BCUT2D eigenvalue weighted by Gasteiger charge is 2.32. The molecule has 1 aliphatic rings. The monoisotopic (exact) mass is 366 g/mol. The lowest BCUT2D eigenvalue weighted by Gasteiger charge is -2.33. The summed E-state index contributed by atoms with van der Waals surface area (Å²) in [6.45, 7) is 3.39. The maximum atomic E-state index is 12.5. The Hall–Kier alpha value is 0.0500. The van der Waals surface area contributed by atoms with Gasteiger partial charge in [-0.05, 0) is 60.1 Å². The van der Waals surface area contributed by atoms with Crippen LogP contribution in [0.15, 0.2) is 20.1 Å². The lowest BCUT2D eigenvalue weighted by molar-refractivity contribution is 0.237. The predicted molar refractivity (Wildman–Crippen MR) is 82.0 cm³/mol. The average molecular weight is 367 g/mol. The Balaban J connectivity index is 2.08. The number of hydrogen-bond acceptors (Lipinski definition) is 4. The maximum absolute atomic E-state index is 12.5. The van der Waals surface area contributed by atoms with Gasteiger partial charge in [0.15, 0.2) is 0 Å². The van der Waals surface area contributed by atoms with Crippen LogP contribution in [0.1, 0.15) is 19.8 Å². The molecule has 108 valence electrons. The molecule has 1 N–H and O–H groups in total. The van der Waals surface area contributed by atoms with Crippen LogP contribution in [0, 0.1) is 5.92 Å². The topological polar surface area (TPSA) is 49.4 Å². The molecule has 19 heavy (non-hydrogen) atoms. The summed E-state index contributed by atoms with van der Waals surface area (Å²) in [7, 11) is -1.37. The summed E-state index contributed by atoms with van der Waals surface area (Å²) in [5.74, 6) is 0.559. The second-order valence-corrected chi connectivity index (χ2v) is 8.78. The molecular weight excluding hydrogens is 348 g/mol. The smallest absolute Gasteiger partial charge is 0.253 e. The van der Waals surface area contributed by atoms with Gasteiger partial charge in [0, 0.05) is 23.6 Å². The quantitative estimate of drug-likeness (QED) is 0.890. The van der Waals surface area contributed by atoms with E-state index < -0.39 is 10.0 Å². The van der Waals surface area contributed by atoms with E-state index in [-0.39, 0.29) is 0 Å². The van der Waals surface area contributed by atoms with Crippen LogP contribution in [-0.2, 0) is 10.0 Å². The number of hydrogen-bond donors (Lipinski definition) is 1. The van der Waals surface area contributed by atoms with E-state index in [0.29, 0.717) is 33.7 Å². The molecule has 0 bridgehead atoms. The summed E-state index contributed by atoms with van der Waals surface area (Å²) in [6.07, 6.45) is 1.84. The molecule has 1 saturated heterocycles. The number of nitrogens with one attached hydrogen (secondary N) is 1. The van der Waals surface area contributed by atoms with E-state index in [2.05, 4.69) is 28.2 Å². The van der Waals surface area contributed by atoms with Crippen LogP contribution in [0.5, 0.6) is 0 Å². The maximum Gasteiger partial charge on any atom is 0.253 e. The highest BCUT2D eigenvalue weighted by molar-refractivity contribution is 9.10. The van der Waals surface area contributed by atoms with Crippen LogP contribution in [0.2, 0.25) is 0 Å². The number of thiophene rings is 1. The number of nitrogens with zero attached hydrogens (tertiary/aromatic N) is 1. The summed E-state index contributed by atoms with van der Waals surface area (Å²) in [5, 5.41) is 5.05. The van der Waals surface area contributed by atoms with Gasteiger partial charge in [0.2, 0.25) is 0 Å². The van der Waals surface area contributed by atoms with Crippen molar-refractivity contribution in [2.75, 3.05) is 20.1 Å². The van der Waals surface area contributed by atoms with Gasteiger partial charge in [0.1, 0.15) is 4.21 Å². The van der Waals surface area contributed by atoms with Crippen LogP contribution in [-0.4, -0.2) is 38.9 Å². The summed E-state index contributed by atoms with van der Waals surface area (Å²) in [6, 6.07) is 2.23. The Kier molecular flexibility index (Phi) is 5.05. The molecule has 0 radical (unpaired) electrons. The van der Waals surface area contributed by atoms with E-state index in [9.17, 15) is 8.42 Å². The van der Waals surface area contributed by atoms with Gasteiger partial charge in [-0.3, -0.25) is 0 Å². The van der Waals surface area contributed by atoms with Gasteiger partial charge < -0.3 is 5.32 Å². The largest absolute Gasteiger partial charge is 0.317 e. The molecule has 7 heteroatoms. The Morgan fingerprint density at radius 2 is 2.11 bits per heavy atom. The average Bonchev–Trinajstić information content (AvgIpc) is 2.85. The second-order valence-electron chi connectivity index (χ2n) is 4.87. The molecule has 2 rings (SSSR count). The van der Waals surface area contributed by atoms with Gasteiger partial charge in [-0.25, -0.2) is 8.42 Å². The molecule has 0 aliphatic carbocycles. The van der Waals surface area contributed by atoms with E-state index in [4.69, 9.17) is 0 Å². The van der Waals surface area contributed by atoms with E-state index >= 15 is 0 Å². The second kappa shape index (κ2) is 6.22. The highest BCUT2D eigenvalue weighted by Crippen LogP contribution is 2.32. The molecular formula is C12H19BrN2O2S2. The van der Waals surface area contributed by atoms with Gasteiger partial charge in [-0.15, -0.1) is 11.3 Å². The fourth-order valence-electron chi connectivity index (χ4n) is 2.43. The number of sulfonamides is 1. The first-order valence-electron chi connectivity index (χ1n) is 6.37. The fraction of sp³-hybridized carbons (Fsp3) is 0.667. The third kappa shape index (κ3) is 3.21. The lowest BCUT2D eigenvalue weighted by atomic mass is 9.91. The molecule has 2 heterocycles. The number of rotatable bonds is 4. The Bertz CT molecular complexity index is 522. The summed E-state index contributed by atoms with van der Waals surface area (Å²) in [5.41, 5.74) is 0. The molecule has 1 aromatic heterocycles. The van der Waals surface area contributed by atoms with Crippen molar-refractivity contribution < 1.29 is 8.42 Å². The van der Waals surface area contributed by atoms with E-state index in [0.717, 1.165) is 12.8 Å². The fourth-order valence-corrected chi connectivity index (χ4v) is 6.35. The minimum absolute atomic E-state index is 0.424. The van der Waals surface area contributed by atoms with Crippen molar-refractivity contribution in [3.05, 3.63) is 15.9 Å². The van der Waals surface area contributed by atoms with E-state index in [1.54, 1.807) is 15.8 Å². The molecule has 1 aromatic rings. The zero-order valence-electron chi connectivity index (χ0n) is 11.1. The van der Waals surface area contributed by atoms with Crippen molar-refractivity contribution in [1.82, 2.24) is 9.62 Å². The highest BCUT2D eigenvalue weighted by atomic mass is 79.9. The molecule has 1 aliphatic heterocycles. The van der Waals surface area contributed by atoms with Gasteiger partial charge in [-0.1, -0.05) is 0 Å². The Labute approximate surface area is 127 Å². The van der Waals surface area contributed by atoms with Gasteiger partial charge >= 0.3 is 0 Å². The summed E-state index contributed by atoms with van der Waals surface area (Å²) in [4.78, 5) is 0.